The van der Waals surface area contributed by atoms with E-state index in [1.807, 2.05) is 0 Å². The van der Waals surface area contributed by atoms with Crippen molar-refractivity contribution in [3.05, 3.63) is 72.3 Å². The zero-order chi connectivity index (χ0) is 27.2. The van der Waals surface area contributed by atoms with Crippen LogP contribution in [0.1, 0.15) is 25.8 Å². The van der Waals surface area contributed by atoms with Gasteiger partial charge in [-0.3, -0.25) is 0 Å². The molecule has 5 aromatic rings. The van der Waals surface area contributed by atoms with Gasteiger partial charge < -0.3 is 19.7 Å². The fourth-order valence-corrected chi connectivity index (χ4v) is 6.16. The van der Waals surface area contributed by atoms with Crippen LogP contribution < -0.4 is 10.2 Å². The van der Waals surface area contributed by atoms with Crippen molar-refractivity contribution < 1.29 is 8.78 Å². The Balaban J connectivity index is 1.31. The van der Waals surface area contributed by atoms with Gasteiger partial charge in [0, 0.05) is 43.3 Å². The van der Waals surface area contributed by atoms with Crippen molar-refractivity contribution in [2.45, 2.75) is 25.8 Å². The SMILES string of the molecule is CCN1CCN(c2cc3c(cc2Nc2nnc(-c4ccc(F)cc4)s2)nc(-c2ccc(F)cc2)n3C2CC2)CC1. The lowest BCUT2D eigenvalue weighted by Gasteiger charge is -2.36. The van der Waals surface area contributed by atoms with Crippen LogP contribution in [0, 0.1) is 11.6 Å². The van der Waals surface area contributed by atoms with E-state index in [0.717, 1.165) is 89.9 Å². The number of aromatic nitrogens is 4. The van der Waals surface area contributed by atoms with E-state index in [-0.39, 0.29) is 11.6 Å². The van der Waals surface area contributed by atoms with E-state index in [0.29, 0.717) is 11.2 Å². The molecule has 204 valence electrons. The molecule has 40 heavy (non-hydrogen) atoms. The zero-order valence-electron chi connectivity index (χ0n) is 22.1. The molecule has 1 aliphatic carbocycles. The lowest BCUT2D eigenvalue weighted by Crippen LogP contribution is -2.46. The number of halogens is 2. The van der Waals surface area contributed by atoms with Gasteiger partial charge in [-0.2, -0.15) is 0 Å². The maximum absolute atomic E-state index is 13.7. The summed E-state index contributed by atoms with van der Waals surface area (Å²) in [6.07, 6.45) is 2.22. The summed E-state index contributed by atoms with van der Waals surface area (Å²) >= 11 is 1.43. The monoisotopic (exact) mass is 557 g/mol. The van der Waals surface area contributed by atoms with E-state index in [1.165, 1.54) is 35.6 Å². The van der Waals surface area contributed by atoms with E-state index in [1.54, 1.807) is 24.3 Å². The normalized spacial score (nSPS) is 16.1. The van der Waals surface area contributed by atoms with Crippen LogP contribution in [0.2, 0.25) is 0 Å². The Labute approximate surface area is 235 Å². The van der Waals surface area contributed by atoms with Crippen molar-refractivity contribution >= 4 is 38.9 Å². The molecule has 1 N–H and O–H groups in total. The molecule has 7 nitrogen and oxygen atoms in total. The second kappa shape index (κ2) is 10.3. The summed E-state index contributed by atoms with van der Waals surface area (Å²) < 4.78 is 29.5. The Bertz CT molecular complexity index is 1650. The number of fused-ring (bicyclic) bond motifs is 1. The first-order chi connectivity index (χ1) is 19.6. The third-order valence-corrected chi connectivity index (χ3v) is 8.63. The first-order valence-electron chi connectivity index (χ1n) is 13.7. The first-order valence-corrected chi connectivity index (χ1v) is 14.5. The van der Waals surface area contributed by atoms with Crippen LogP contribution in [0.15, 0.2) is 60.7 Å². The molecule has 3 heterocycles. The molecule has 2 fully saturated rings. The van der Waals surface area contributed by atoms with Crippen molar-refractivity contribution in [2.75, 3.05) is 42.9 Å². The van der Waals surface area contributed by atoms with Crippen molar-refractivity contribution in [3.8, 4) is 22.0 Å². The van der Waals surface area contributed by atoms with E-state index in [4.69, 9.17) is 4.98 Å². The van der Waals surface area contributed by atoms with Gasteiger partial charge in [-0.05, 0) is 80.1 Å². The molecule has 0 spiro atoms. The third kappa shape index (κ3) is 4.82. The van der Waals surface area contributed by atoms with Gasteiger partial charge in [0.05, 0.1) is 22.4 Å². The van der Waals surface area contributed by atoms with Crippen molar-refractivity contribution in [2.24, 2.45) is 0 Å². The Morgan fingerprint density at radius 3 is 2.20 bits per heavy atom. The van der Waals surface area contributed by atoms with E-state index < -0.39 is 0 Å². The topological polar surface area (TPSA) is 62.1 Å². The highest BCUT2D eigenvalue weighted by Crippen LogP contribution is 2.44. The number of benzene rings is 3. The quantitative estimate of drug-likeness (QED) is 0.240. The molecule has 1 saturated heterocycles. The van der Waals surface area contributed by atoms with Crippen LogP contribution >= 0.6 is 11.3 Å². The minimum Gasteiger partial charge on any atom is -0.367 e. The summed E-state index contributed by atoms with van der Waals surface area (Å²) in [7, 11) is 0. The molecule has 3 aromatic carbocycles. The Morgan fingerprint density at radius 2 is 1.55 bits per heavy atom. The number of nitrogens with one attached hydrogen (secondary N) is 1. The third-order valence-electron chi connectivity index (χ3n) is 7.74. The first kappa shape index (κ1) is 25.1. The Morgan fingerprint density at radius 1 is 0.875 bits per heavy atom. The molecule has 1 saturated carbocycles. The smallest absolute Gasteiger partial charge is 0.210 e. The number of nitrogens with zero attached hydrogens (tertiary/aromatic N) is 6. The van der Waals surface area contributed by atoms with Gasteiger partial charge in [0.25, 0.3) is 0 Å². The lowest BCUT2D eigenvalue weighted by atomic mass is 10.2. The highest BCUT2D eigenvalue weighted by atomic mass is 32.1. The maximum Gasteiger partial charge on any atom is 0.210 e. The maximum atomic E-state index is 13.7. The molecule has 2 aromatic heterocycles. The molecule has 0 amide bonds. The molecule has 1 aliphatic heterocycles. The molecule has 7 rings (SSSR count). The molecule has 0 atom stereocenters. The van der Waals surface area contributed by atoms with Crippen LogP contribution in [0.4, 0.5) is 25.3 Å². The van der Waals surface area contributed by atoms with Crippen LogP contribution in [-0.4, -0.2) is 57.4 Å². The minimum atomic E-state index is -0.279. The number of rotatable bonds is 7. The molecule has 0 bridgehead atoms. The van der Waals surface area contributed by atoms with Crippen LogP contribution in [-0.2, 0) is 0 Å². The Kier molecular flexibility index (Phi) is 6.44. The van der Waals surface area contributed by atoms with E-state index in [2.05, 4.69) is 48.9 Å². The van der Waals surface area contributed by atoms with Crippen LogP contribution in [0.3, 0.4) is 0 Å². The average molecular weight is 558 g/mol. The second-order valence-corrected chi connectivity index (χ2v) is 11.3. The molecular weight excluding hydrogens is 528 g/mol. The van der Waals surface area contributed by atoms with Gasteiger partial charge in [0.1, 0.15) is 22.5 Å². The standard InChI is InChI=1S/C30H29F2N7S/c1-2-37-13-15-38(16-14-37)26-18-27-25(33-28(39(27)23-11-12-23)19-3-7-21(31)8-4-19)17-24(26)34-30-36-35-29(40-30)20-5-9-22(32)10-6-20/h3-10,17-18,23H,2,11-16H2,1H3,(H,34,36). The number of imidazole rings is 1. The molecule has 2 aliphatic rings. The molecule has 10 heteroatoms. The summed E-state index contributed by atoms with van der Waals surface area (Å²) in [5, 5.41) is 13.6. The number of hydrogen-bond acceptors (Lipinski definition) is 7. The summed E-state index contributed by atoms with van der Waals surface area (Å²) in [5.41, 5.74) is 5.73. The number of anilines is 3. The summed E-state index contributed by atoms with van der Waals surface area (Å²) in [5.74, 6) is 0.333. The van der Waals surface area contributed by atoms with E-state index in [9.17, 15) is 8.78 Å². The lowest BCUT2D eigenvalue weighted by molar-refractivity contribution is 0.271. The molecule has 0 radical (unpaired) electrons. The van der Waals surface area contributed by atoms with Gasteiger partial charge in [-0.15, -0.1) is 10.2 Å². The minimum absolute atomic E-state index is 0.255. The Hall–Kier alpha value is -3.89. The highest BCUT2D eigenvalue weighted by Gasteiger charge is 2.30. The van der Waals surface area contributed by atoms with Crippen molar-refractivity contribution in [1.29, 1.82) is 0 Å². The van der Waals surface area contributed by atoms with Gasteiger partial charge in [0.2, 0.25) is 5.13 Å². The van der Waals surface area contributed by atoms with Crippen LogP contribution in [0.5, 0.6) is 0 Å². The fraction of sp³-hybridized carbons (Fsp3) is 0.300. The van der Waals surface area contributed by atoms with Crippen LogP contribution in [0.25, 0.3) is 33.0 Å². The molecular formula is C30H29F2N7S. The molecule has 0 unspecified atom stereocenters. The number of hydrogen-bond donors (Lipinski definition) is 1. The van der Waals surface area contributed by atoms with Crippen molar-refractivity contribution in [1.82, 2.24) is 24.6 Å². The zero-order valence-corrected chi connectivity index (χ0v) is 23.0. The second-order valence-electron chi connectivity index (χ2n) is 10.4. The predicted molar refractivity (Wildman–Crippen MR) is 156 cm³/mol. The van der Waals surface area contributed by atoms with E-state index >= 15 is 0 Å². The van der Waals surface area contributed by atoms with Crippen molar-refractivity contribution in [3.63, 3.8) is 0 Å². The fourth-order valence-electron chi connectivity index (χ4n) is 5.40. The number of likely N-dealkylation sites (N-methyl/N-ethyl adjacent to an activating group) is 1. The summed E-state index contributed by atoms with van der Waals surface area (Å²) in [6, 6.07) is 17.6. The van der Waals surface area contributed by atoms with Gasteiger partial charge in [0.15, 0.2) is 0 Å². The largest absolute Gasteiger partial charge is 0.367 e. The average Bonchev–Trinajstić information content (AvgIpc) is 3.59. The summed E-state index contributed by atoms with van der Waals surface area (Å²) in [4.78, 5) is 9.94. The predicted octanol–water partition coefficient (Wildman–Crippen LogP) is 6.72. The highest BCUT2D eigenvalue weighted by molar-refractivity contribution is 7.18. The van der Waals surface area contributed by atoms with Gasteiger partial charge in [-0.25, -0.2) is 13.8 Å². The summed E-state index contributed by atoms with van der Waals surface area (Å²) in [6.45, 7) is 7.10. The van der Waals surface area contributed by atoms with Gasteiger partial charge >= 0.3 is 0 Å². The van der Waals surface area contributed by atoms with Gasteiger partial charge in [-0.1, -0.05) is 18.3 Å². The number of piperazine rings is 1.